The van der Waals surface area contributed by atoms with Crippen molar-refractivity contribution in [1.82, 2.24) is 24.9 Å². The minimum atomic E-state index is -0.518. The van der Waals surface area contributed by atoms with Crippen LogP contribution in [0, 0.1) is 6.57 Å². The van der Waals surface area contributed by atoms with Gasteiger partial charge in [-0.25, -0.2) is 9.94 Å². The first-order valence-corrected chi connectivity index (χ1v) is 14.1. The van der Waals surface area contributed by atoms with Crippen LogP contribution in [0.5, 0.6) is 5.75 Å². The summed E-state index contributed by atoms with van der Waals surface area (Å²) in [4.78, 5) is 43.9. The monoisotopic (exact) mass is 610 g/mol. The van der Waals surface area contributed by atoms with Crippen LogP contribution in [0.1, 0.15) is 39.3 Å². The third-order valence-electron chi connectivity index (χ3n) is 7.58. The number of hydrogen-bond donors (Lipinski definition) is 1. The largest absolute Gasteiger partial charge is 0.501 e. The van der Waals surface area contributed by atoms with Gasteiger partial charge in [-0.1, -0.05) is 35.3 Å². The van der Waals surface area contributed by atoms with Crippen LogP contribution in [-0.4, -0.2) is 42.8 Å². The predicted octanol–water partition coefficient (Wildman–Crippen LogP) is 6.19. The van der Waals surface area contributed by atoms with E-state index in [1.165, 1.54) is 0 Å². The third kappa shape index (κ3) is 4.45. The molecule has 0 saturated heterocycles. The van der Waals surface area contributed by atoms with Gasteiger partial charge in [0.25, 0.3) is 17.4 Å². The Hall–Kier alpha value is -4.98. The highest BCUT2D eigenvalue weighted by molar-refractivity contribution is 6.36. The smallest absolute Gasteiger partial charge is 0.273 e. The zero-order valence-corrected chi connectivity index (χ0v) is 24.0. The Morgan fingerprint density at radius 3 is 2.42 bits per heavy atom. The molecule has 5 aromatic rings. The maximum atomic E-state index is 13.1. The molecular weight excluding hydrogens is 591 g/mol. The molecule has 1 aliphatic carbocycles. The van der Waals surface area contributed by atoms with E-state index in [1.54, 1.807) is 66.5 Å². The summed E-state index contributed by atoms with van der Waals surface area (Å²) >= 11 is 13.2. The summed E-state index contributed by atoms with van der Waals surface area (Å²) in [6.45, 7) is 7.75. The first kappa shape index (κ1) is 26.9. The normalized spacial score (nSPS) is 14.3. The van der Waals surface area contributed by atoms with Gasteiger partial charge in [-0.3, -0.25) is 24.0 Å². The van der Waals surface area contributed by atoms with Gasteiger partial charge < -0.3 is 4.74 Å². The lowest BCUT2D eigenvalue weighted by Gasteiger charge is -2.16. The molecule has 2 aromatic heterocycles. The van der Waals surface area contributed by atoms with E-state index in [-0.39, 0.29) is 28.8 Å². The number of nitrogens with zero attached hydrogens (tertiary/aromatic N) is 5. The van der Waals surface area contributed by atoms with Crippen molar-refractivity contribution in [2.45, 2.75) is 25.5 Å². The lowest BCUT2D eigenvalue weighted by Crippen LogP contribution is -2.30. The van der Waals surface area contributed by atoms with E-state index in [0.29, 0.717) is 55.4 Å². The molecular formula is C31H20Cl2N6O4. The van der Waals surface area contributed by atoms with Crippen LogP contribution >= 0.6 is 23.2 Å². The van der Waals surface area contributed by atoms with Crippen LogP contribution in [0.2, 0.25) is 10.0 Å². The molecule has 1 saturated carbocycles. The highest BCUT2D eigenvalue weighted by Crippen LogP contribution is 2.46. The maximum absolute atomic E-state index is 13.1. The maximum Gasteiger partial charge on any atom is 0.273 e. The average Bonchev–Trinajstić information content (AvgIpc) is 3.67. The average molecular weight is 611 g/mol. The summed E-state index contributed by atoms with van der Waals surface area (Å²) in [6, 6.07) is 13.3. The molecule has 1 aliphatic heterocycles. The number of aromatic amines is 1. The van der Waals surface area contributed by atoms with Crippen molar-refractivity contribution in [1.29, 1.82) is 0 Å². The molecule has 0 unspecified atom stereocenters. The molecule has 3 heterocycles. The van der Waals surface area contributed by atoms with Gasteiger partial charge in [-0.05, 0) is 54.8 Å². The van der Waals surface area contributed by atoms with Gasteiger partial charge in [0, 0.05) is 28.6 Å². The number of halogens is 2. The van der Waals surface area contributed by atoms with E-state index < -0.39 is 17.4 Å². The number of amides is 2. The predicted molar refractivity (Wildman–Crippen MR) is 161 cm³/mol. The molecule has 0 radical (unpaired) electrons. The summed E-state index contributed by atoms with van der Waals surface area (Å²) < 4.78 is 7.64. The van der Waals surface area contributed by atoms with Crippen molar-refractivity contribution in [3.8, 4) is 28.1 Å². The molecule has 3 aromatic carbocycles. The minimum Gasteiger partial charge on any atom is -0.501 e. The molecule has 12 heteroatoms. The number of nitrogens with one attached hydrogen (secondary N) is 1. The third-order valence-corrected chi connectivity index (χ3v) is 8.10. The quantitative estimate of drug-likeness (QED) is 0.181. The number of aryl methyl sites for hydroxylation is 1. The Morgan fingerprint density at radius 2 is 1.74 bits per heavy atom. The summed E-state index contributed by atoms with van der Waals surface area (Å²) in [5, 5.41) is 12.2. The zero-order chi connectivity index (χ0) is 30.0. The van der Waals surface area contributed by atoms with Crippen LogP contribution in [0.25, 0.3) is 38.0 Å². The molecule has 0 spiro atoms. The van der Waals surface area contributed by atoms with E-state index in [0.717, 1.165) is 17.7 Å². The molecule has 7 rings (SSSR count). The minimum absolute atomic E-state index is 0.0586. The SMILES string of the molecule is [C-]#[N+]c1c(OC2CC2)cc(Cl)cc1-c1c(-c2cc(Cl)c3c(=O)[nH]nc(CN4C(=O)c5ccccc5C4=O)c3c2)cnn1C. The number of benzene rings is 3. The van der Waals surface area contributed by atoms with Crippen molar-refractivity contribution < 1.29 is 14.3 Å². The van der Waals surface area contributed by atoms with E-state index in [2.05, 4.69) is 20.1 Å². The van der Waals surface area contributed by atoms with E-state index in [4.69, 9.17) is 34.5 Å². The Balaban J connectivity index is 1.37. The number of aromatic nitrogens is 4. The fraction of sp³-hybridized carbons (Fsp3) is 0.161. The van der Waals surface area contributed by atoms with Gasteiger partial charge in [0.2, 0.25) is 5.69 Å². The molecule has 0 atom stereocenters. The molecule has 212 valence electrons. The van der Waals surface area contributed by atoms with Gasteiger partial charge in [0.15, 0.2) is 0 Å². The van der Waals surface area contributed by atoms with Gasteiger partial charge in [-0.2, -0.15) is 10.2 Å². The Bertz CT molecular complexity index is 2090. The topological polar surface area (TPSA) is 115 Å². The van der Waals surface area contributed by atoms with E-state index >= 15 is 0 Å². The summed E-state index contributed by atoms with van der Waals surface area (Å²) in [7, 11) is 1.75. The summed E-state index contributed by atoms with van der Waals surface area (Å²) in [6.07, 6.45) is 3.53. The van der Waals surface area contributed by atoms with Crippen LogP contribution in [0.3, 0.4) is 0 Å². The van der Waals surface area contributed by atoms with Crippen LogP contribution in [-0.2, 0) is 13.6 Å². The fourth-order valence-electron chi connectivity index (χ4n) is 5.40. The molecule has 1 fully saturated rings. The van der Waals surface area contributed by atoms with Crippen LogP contribution in [0.15, 0.2) is 59.5 Å². The Labute approximate surface area is 254 Å². The number of fused-ring (bicyclic) bond motifs is 2. The first-order chi connectivity index (χ1) is 20.7. The van der Waals surface area contributed by atoms with Crippen LogP contribution < -0.4 is 10.3 Å². The Kier molecular flexibility index (Phi) is 6.31. The lowest BCUT2D eigenvalue weighted by molar-refractivity contribution is 0.0640. The molecule has 2 aliphatic rings. The van der Waals surface area contributed by atoms with Crippen molar-refractivity contribution in [2.75, 3.05) is 0 Å². The standard InChI is InChI=1S/C31H20Cl2N6O4/c1-34-27-21(11-16(32)12-25(27)43-17-7-8-17)28-22(13-35-38(28)2)15-9-20-24(36-37-29(40)26(20)23(33)10-15)14-39-30(41)18-5-3-4-6-19(18)31(39)42/h3-6,9-13,17H,7-8,14H2,2H3,(H,37,40). The van der Waals surface area contributed by atoms with Crippen molar-refractivity contribution in [3.63, 3.8) is 0 Å². The molecule has 43 heavy (non-hydrogen) atoms. The van der Waals surface area contributed by atoms with Crippen molar-refractivity contribution in [3.05, 3.63) is 103 Å². The number of carbonyl (C=O) groups is 2. The number of imide groups is 1. The number of carbonyl (C=O) groups excluding carboxylic acids is 2. The highest BCUT2D eigenvalue weighted by Gasteiger charge is 2.36. The molecule has 2 amide bonds. The number of H-pyrrole nitrogens is 1. The summed E-state index contributed by atoms with van der Waals surface area (Å²) in [5.74, 6) is -0.492. The second-order valence-electron chi connectivity index (χ2n) is 10.4. The summed E-state index contributed by atoms with van der Waals surface area (Å²) in [5.41, 5.74) is 2.99. The van der Waals surface area contributed by atoms with E-state index in [9.17, 15) is 14.4 Å². The fourth-order valence-corrected chi connectivity index (χ4v) is 5.91. The van der Waals surface area contributed by atoms with Gasteiger partial charge in [-0.15, -0.1) is 0 Å². The lowest BCUT2D eigenvalue weighted by atomic mass is 9.97. The number of ether oxygens (including phenoxy) is 1. The van der Waals surface area contributed by atoms with E-state index in [1.807, 2.05) is 0 Å². The highest BCUT2D eigenvalue weighted by atomic mass is 35.5. The van der Waals surface area contributed by atoms with Crippen LogP contribution in [0.4, 0.5) is 5.69 Å². The van der Waals surface area contributed by atoms with Gasteiger partial charge in [0.05, 0.1) is 58.3 Å². The first-order valence-electron chi connectivity index (χ1n) is 13.3. The molecule has 0 bridgehead atoms. The number of hydrogen-bond acceptors (Lipinski definition) is 6. The zero-order valence-electron chi connectivity index (χ0n) is 22.5. The van der Waals surface area contributed by atoms with Crippen molar-refractivity contribution >= 4 is 51.5 Å². The Morgan fingerprint density at radius 1 is 1.02 bits per heavy atom. The second-order valence-corrected chi connectivity index (χ2v) is 11.2. The second kappa shape index (κ2) is 10.1. The molecule has 10 nitrogen and oxygen atoms in total. The van der Waals surface area contributed by atoms with Gasteiger partial charge >= 0.3 is 0 Å². The number of rotatable bonds is 6. The van der Waals surface area contributed by atoms with Crippen molar-refractivity contribution in [2.24, 2.45) is 7.05 Å². The molecule has 1 N–H and O–H groups in total. The van der Waals surface area contributed by atoms with Gasteiger partial charge in [0.1, 0.15) is 5.75 Å².